The minimum Gasteiger partial charge on any atom is -0.459 e. The summed E-state index contributed by atoms with van der Waals surface area (Å²) >= 11 is 0. The summed E-state index contributed by atoms with van der Waals surface area (Å²) in [6.45, 7) is 16.2. The smallest absolute Gasteiger partial charge is 0.303 e. The Morgan fingerprint density at radius 1 is 0.830 bits per heavy atom. The highest BCUT2D eigenvalue weighted by molar-refractivity contribution is 5.66. The SMILES string of the molecule is CC(=O)O[C@H]1[C@H](O)[C@H]([C@@]2(C)CC[C@@H](C(C)(C)O)O2)[C@@]2(C)CC[C@@]34C[C@@]35CC[C@H](O[C@@H]3OC[C@@H](O)[C@H](O)[C@H]3O)C(C)(C)[C@@H]5CC[C@H]4[C@]12C. The van der Waals surface area contributed by atoms with E-state index in [0.717, 1.165) is 51.4 Å². The van der Waals surface area contributed by atoms with E-state index in [1.165, 1.54) is 6.92 Å². The minimum absolute atomic E-state index is 0.0770. The molecule has 7 aliphatic rings. The summed E-state index contributed by atoms with van der Waals surface area (Å²) < 4.78 is 25.1. The molecule has 0 bridgehead atoms. The van der Waals surface area contributed by atoms with Gasteiger partial charge in [-0.05, 0) is 112 Å². The molecule has 0 aromatic heterocycles. The van der Waals surface area contributed by atoms with E-state index in [2.05, 4.69) is 34.6 Å². The second kappa shape index (κ2) is 10.6. The lowest BCUT2D eigenvalue weighted by Gasteiger charge is -2.64. The van der Waals surface area contributed by atoms with E-state index in [1.807, 2.05) is 0 Å². The van der Waals surface area contributed by atoms with E-state index in [1.54, 1.807) is 13.8 Å². The molecule has 5 aliphatic carbocycles. The Kier molecular flexibility index (Phi) is 7.80. The molecule has 7 rings (SSSR count). The predicted octanol–water partition coefficient (Wildman–Crippen LogP) is 3.47. The molecule has 2 heterocycles. The Labute approximate surface area is 279 Å². The number of esters is 1. The molecule has 2 spiro atoms. The van der Waals surface area contributed by atoms with Crippen LogP contribution in [0.3, 0.4) is 0 Å². The van der Waals surface area contributed by atoms with Crippen molar-refractivity contribution < 1.29 is 49.3 Å². The summed E-state index contributed by atoms with van der Waals surface area (Å²) in [5, 5.41) is 54.0. The average molecular weight is 665 g/mol. The standard InChI is InChI=1S/C37H60O10/c1-19(38)45-29-27(42)28(34(7)13-11-24(47-34)32(4,5)43)33(6)15-16-37-18-36(37)14-12-23(46-30-26(41)25(40)20(39)17-44-30)31(2,3)21(36)9-10-22(37)35(29,33)8/h20-30,39-43H,9-18H2,1-8H3/t20-,21+,22+,23+,24+,25+,26-,27-,28+,29+,30+,33-,34-,35-,36-,37+/m1/s1. The van der Waals surface area contributed by atoms with Crippen LogP contribution in [0.5, 0.6) is 0 Å². The zero-order valence-electron chi connectivity index (χ0n) is 29.7. The first-order valence-electron chi connectivity index (χ1n) is 18.3. The van der Waals surface area contributed by atoms with Gasteiger partial charge in [0, 0.05) is 18.3 Å². The van der Waals surface area contributed by atoms with Gasteiger partial charge in [0.1, 0.15) is 24.4 Å². The summed E-state index contributed by atoms with van der Waals surface area (Å²) in [4.78, 5) is 12.7. The Morgan fingerprint density at radius 2 is 1.49 bits per heavy atom. The zero-order chi connectivity index (χ0) is 34.3. The molecule has 5 N–H and O–H groups in total. The van der Waals surface area contributed by atoms with Gasteiger partial charge in [-0.3, -0.25) is 4.79 Å². The largest absolute Gasteiger partial charge is 0.459 e. The molecular formula is C37H60O10. The van der Waals surface area contributed by atoms with Crippen LogP contribution < -0.4 is 0 Å². The second-order valence-electron chi connectivity index (χ2n) is 18.7. The van der Waals surface area contributed by atoms with E-state index in [9.17, 15) is 30.3 Å². The summed E-state index contributed by atoms with van der Waals surface area (Å²) in [7, 11) is 0. The molecule has 47 heavy (non-hydrogen) atoms. The maximum absolute atomic E-state index is 12.7. The maximum Gasteiger partial charge on any atom is 0.303 e. The maximum atomic E-state index is 12.7. The first-order chi connectivity index (χ1) is 21.7. The molecule has 7 fully saturated rings. The van der Waals surface area contributed by atoms with Gasteiger partial charge >= 0.3 is 5.97 Å². The summed E-state index contributed by atoms with van der Waals surface area (Å²) in [6, 6.07) is 0. The fourth-order valence-electron chi connectivity index (χ4n) is 13.7. The van der Waals surface area contributed by atoms with E-state index in [-0.39, 0.29) is 58.3 Å². The topological polar surface area (TPSA) is 155 Å². The Balaban J connectivity index is 1.19. The van der Waals surface area contributed by atoms with Crippen molar-refractivity contribution in [3.05, 3.63) is 0 Å². The van der Waals surface area contributed by atoms with E-state index >= 15 is 0 Å². The lowest BCUT2D eigenvalue weighted by Crippen LogP contribution is -2.62. The number of ether oxygens (including phenoxy) is 4. The lowest BCUT2D eigenvalue weighted by molar-refractivity contribution is -0.303. The predicted molar refractivity (Wildman–Crippen MR) is 171 cm³/mol. The fraction of sp³-hybridized carbons (Fsp3) is 0.973. The van der Waals surface area contributed by atoms with E-state index in [4.69, 9.17) is 18.9 Å². The molecule has 0 unspecified atom stereocenters. The summed E-state index contributed by atoms with van der Waals surface area (Å²) in [6.07, 6.45) is 1.51. The Morgan fingerprint density at radius 3 is 2.13 bits per heavy atom. The van der Waals surface area contributed by atoms with Gasteiger partial charge < -0.3 is 44.5 Å². The molecular weight excluding hydrogens is 604 g/mol. The third-order valence-electron chi connectivity index (χ3n) is 15.9. The van der Waals surface area contributed by atoms with Gasteiger partial charge in [0.25, 0.3) is 0 Å². The first-order valence-corrected chi connectivity index (χ1v) is 18.3. The van der Waals surface area contributed by atoms with E-state index < -0.39 is 53.4 Å². The summed E-state index contributed by atoms with van der Waals surface area (Å²) in [5.41, 5.74) is -2.49. The minimum atomic E-state index is -1.31. The van der Waals surface area contributed by atoms with Gasteiger partial charge in [0.15, 0.2) is 6.29 Å². The van der Waals surface area contributed by atoms with Crippen molar-refractivity contribution in [1.29, 1.82) is 0 Å². The molecule has 5 saturated carbocycles. The van der Waals surface area contributed by atoms with Crippen LogP contribution in [-0.2, 0) is 23.7 Å². The van der Waals surface area contributed by atoms with E-state index in [0.29, 0.717) is 12.3 Å². The van der Waals surface area contributed by atoms with Crippen LogP contribution >= 0.6 is 0 Å². The fourth-order valence-corrected chi connectivity index (χ4v) is 13.7. The number of carbonyl (C=O) groups is 1. The molecule has 0 aromatic carbocycles. The Bertz CT molecular complexity index is 1270. The number of rotatable bonds is 5. The molecule has 16 atom stereocenters. The van der Waals surface area contributed by atoms with Crippen molar-refractivity contribution in [3.8, 4) is 0 Å². The van der Waals surface area contributed by atoms with Crippen molar-refractivity contribution in [2.24, 2.45) is 44.8 Å². The van der Waals surface area contributed by atoms with Crippen LogP contribution in [0.25, 0.3) is 0 Å². The zero-order valence-corrected chi connectivity index (χ0v) is 29.7. The van der Waals surface area contributed by atoms with Gasteiger partial charge in [-0.2, -0.15) is 0 Å². The molecule has 268 valence electrons. The normalized spacial score (nSPS) is 56.6. The molecule has 10 nitrogen and oxygen atoms in total. The molecule has 2 aliphatic heterocycles. The lowest BCUT2D eigenvalue weighted by atomic mass is 9.41. The number of hydrogen-bond donors (Lipinski definition) is 5. The van der Waals surface area contributed by atoms with Crippen molar-refractivity contribution in [2.45, 2.75) is 173 Å². The summed E-state index contributed by atoms with van der Waals surface area (Å²) in [5.74, 6) is 0.0227. The van der Waals surface area contributed by atoms with Crippen LogP contribution in [0.2, 0.25) is 0 Å². The monoisotopic (exact) mass is 664 g/mol. The van der Waals surface area contributed by atoms with Crippen molar-refractivity contribution in [2.75, 3.05) is 6.61 Å². The number of aliphatic hydroxyl groups is 5. The highest BCUT2D eigenvalue weighted by Crippen LogP contribution is 2.89. The quantitative estimate of drug-likeness (QED) is 0.218. The molecule has 0 amide bonds. The number of fused-ring (bicyclic) bond motifs is 2. The number of carbonyl (C=O) groups excluding carboxylic acids is 1. The van der Waals surface area contributed by atoms with Gasteiger partial charge in [-0.25, -0.2) is 0 Å². The molecule has 0 radical (unpaired) electrons. The van der Waals surface area contributed by atoms with Gasteiger partial charge in [-0.15, -0.1) is 0 Å². The van der Waals surface area contributed by atoms with Crippen LogP contribution in [0.15, 0.2) is 0 Å². The second-order valence-corrected chi connectivity index (χ2v) is 18.7. The number of hydrogen-bond acceptors (Lipinski definition) is 10. The van der Waals surface area contributed by atoms with Crippen LogP contribution in [-0.4, -0.2) is 98.3 Å². The van der Waals surface area contributed by atoms with Crippen molar-refractivity contribution in [3.63, 3.8) is 0 Å². The van der Waals surface area contributed by atoms with Crippen LogP contribution in [0.1, 0.15) is 113 Å². The van der Waals surface area contributed by atoms with Crippen molar-refractivity contribution >= 4 is 5.97 Å². The highest BCUT2D eigenvalue weighted by Gasteiger charge is 2.85. The molecule has 0 aromatic rings. The van der Waals surface area contributed by atoms with Crippen LogP contribution in [0.4, 0.5) is 0 Å². The highest BCUT2D eigenvalue weighted by atomic mass is 16.7. The van der Waals surface area contributed by atoms with Gasteiger partial charge in [0.2, 0.25) is 0 Å². The Hall–Kier alpha value is -0.850. The third-order valence-corrected chi connectivity index (χ3v) is 15.9. The van der Waals surface area contributed by atoms with Crippen LogP contribution in [0, 0.1) is 44.8 Å². The number of aliphatic hydroxyl groups excluding tert-OH is 4. The third kappa shape index (κ3) is 4.47. The van der Waals surface area contributed by atoms with Crippen molar-refractivity contribution in [1.82, 2.24) is 0 Å². The van der Waals surface area contributed by atoms with Gasteiger partial charge in [-0.1, -0.05) is 27.7 Å². The van der Waals surface area contributed by atoms with Gasteiger partial charge in [0.05, 0.1) is 36.1 Å². The molecule has 10 heteroatoms. The first kappa shape index (κ1) is 34.6. The molecule has 2 saturated heterocycles. The average Bonchev–Trinajstić information content (AvgIpc) is 3.40.